The van der Waals surface area contributed by atoms with Gasteiger partial charge in [0.15, 0.2) is 6.61 Å². The molecule has 7 nitrogen and oxygen atoms in total. The highest BCUT2D eigenvalue weighted by molar-refractivity contribution is 5.88. The number of aryl methyl sites for hydroxylation is 2. The Kier molecular flexibility index (Phi) is 5.45. The van der Waals surface area contributed by atoms with E-state index in [0.717, 1.165) is 5.56 Å². The second kappa shape index (κ2) is 7.52. The van der Waals surface area contributed by atoms with Crippen LogP contribution in [0.25, 0.3) is 0 Å². The highest BCUT2D eigenvalue weighted by Crippen LogP contribution is 2.13. The molecule has 2 N–H and O–H groups in total. The number of carbonyl (C=O) groups is 1. The number of rotatable bonds is 6. The van der Waals surface area contributed by atoms with Crippen molar-refractivity contribution in [2.75, 3.05) is 11.9 Å². The highest BCUT2D eigenvalue weighted by Gasteiger charge is 2.11. The lowest BCUT2D eigenvalue weighted by molar-refractivity contribution is 0.0796. The molecule has 0 fully saturated rings. The van der Waals surface area contributed by atoms with Gasteiger partial charge in [-0.25, -0.2) is 13.6 Å². The molecule has 2 aromatic rings. The first-order chi connectivity index (χ1) is 11.0. The minimum Gasteiger partial charge on any atom is -0.472 e. The standard InChI is InChI=1S/C14H16F2N4O3/c1-8-10(9(2)23-20-8)6-17-14(21)19-12-4-3-5-13(18-12)22-7-11(15)16/h3-5,11H,6-7H2,1-2H3,(H2,17,18,19,21). The predicted molar refractivity (Wildman–Crippen MR) is 77.6 cm³/mol. The van der Waals surface area contributed by atoms with E-state index < -0.39 is 19.1 Å². The van der Waals surface area contributed by atoms with Gasteiger partial charge in [0, 0.05) is 18.2 Å². The molecular formula is C14H16F2N4O3. The summed E-state index contributed by atoms with van der Waals surface area (Å²) in [6.45, 7) is 3.01. The lowest BCUT2D eigenvalue weighted by Crippen LogP contribution is -2.29. The molecule has 0 aromatic carbocycles. The molecule has 2 aromatic heterocycles. The van der Waals surface area contributed by atoms with Crippen LogP contribution in [0.4, 0.5) is 19.4 Å². The number of pyridine rings is 1. The Morgan fingerprint density at radius 1 is 1.39 bits per heavy atom. The molecule has 2 amide bonds. The maximum absolute atomic E-state index is 12.1. The number of alkyl halides is 2. The topological polar surface area (TPSA) is 89.3 Å². The van der Waals surface area contributed by atoms with E-state index in [4.69, 9.17) is 9.26 Å². The molecule has 0 aliphatic carbocycles. The molecule has 2 rings (SSSR count). The second-order valence-corrected chi connectivity index (χ2v) is 4.67. The number of ether oxygens (including phenoxy) is 1. The Bertz CT molecular complexity index is 656. The average Bonchev–Trinajstić information content (AvgIpc) is 2.82. The molecular weight excluding hydrogens is 310 g/mol. The molecule has 0 saturated heterocycles. The highest BCUT2D eigenvalue weighted by atomic mass is 19.3. The van der Waals surface area contributed by atoms with Crippen LogP contribution in [0.1, 0.15) is 17.0 Å². The lowest BCUT2D eigenvalue weighted by Gasteiger charge is -2.09. The summed E-state index contributed by atoms with van der Waals surface area (Å²) in [5.74, 6) is 0.824. The normalized spacial score (nSPS) is 10.7. The van der Waals surface area contributed by atoms with Gasteiger partial charge in [-0.05, 0) is 19.9 Å². The molecule has 0 aliphatic heterocycles. The number of amides is 2. The van der Waals surface area contributed by atoms with E-state index in [1.54, 1.807) is 13.8 Å². The van der Waals surface area contributed by atoms with Crippen LogP contribution in [-0.2, 0) is 6.54 Å². The van der Waals surface area contributed by atoms with Crippen LogP contribution in [0.2, 0.25) is 0 Å². The van der Waals surface area contributed by atoms with Gasteiger partial charge < -0.3 is 14.6 Å². The Labute approximate surface area is 131 Å². The monoisotopic (exact) mass is 326 g/mol. The number of nitrogens with zero attached hydrogens (tertiary/aromatic N) is 2. The Balaban J connectivity index is 1.89. The molecule has 0 unspecified atom stereocenters. The van der Waals surface area contributed by atoms with Gasteiger partial charge in [0.05, 0.1) is 5.69 Å². The summed E-state index contributed by atoms with van der Waals surface area (Å²) in [6.07, 6.45) is -2.59. The van der Waals surface area contributed by atoms with Crippen LogP contribution in [0.15, 0.2) is 22.7 Å². The first-order valence-corrected chi connectivity index (χ1v) is 6.80. The summed E-state index contributed by atoms with van der Waals surface area (Å²) in [5.41, 5.74) is 1.49. The number of urea groups is 1. The molecule has 0 aliphatic rings. The Morgan fingerprint density at radius 2 is 2.17 bits per heavy atom. The van der Waals surface area contributed by atoms with E-state index in [-0.39, 0.29) is 18.2 Å². The second-order valence-electron chi connectivity index (χ2n) is 4.67. The molecule has 0 saturated carbocycles. The van der Waals surface area contributed by atoms with Crippen LogP contribution >= 0.6 is 0 Å². The van der Waals surface area contributed by atoms with Crippen molar-refractivity contribution in [2.24, 2.45) is 0 Å². The minimum absolute atomic E-state index is 0.00817. The largest absolute Gasteiger partial charge is 0.472 e. The maximum atomic E-state index is 12.1. The fraction of sp³-hybridized carbons (Fsp3) is 0.357. The van der Waals surface area contributed by atoms with E-state index in [1.807, 2.05) is 0 Å². The third kappa shape index (κ3) is 4.90. The number of anilines is 1. The van der Waals surface area contributed by atoms with Crippen LogP contribution in [-0.4, -0.2) is 29.2 Å². The fourth-order valence-corrected chi connectivity index (χ4v) is 1.80. The van der Waals surface area contributed by atoms with Gasteiger partial charge in [-0.15, -0.1) is 0 Å². The zero-order valence-corrected chi connectivity index (χ0v) is 12.6. The summed E-state index contributed by atoms with van der Waals surface area (Å²) < 4.78 is 34.0. The average molecular weight is 326 g/mol. The van der Waals surface area contributed by atoms with Crippen molar-refractivity contribution in [3.05, 3.63) is 35.2 Å². The van der Waals surface area contributed by atoms with E-state index in [2.05, 4.69) is 20.8 Å². The Morgan fingerprint density at radius 3 is 2.83 bits per heavy atom. The zero-order valence-electron chi connectivity index (χ0n) is 12.6. The first-order valence-electron chi connectivity index (χ1n) is 6.80. The fourth-order valence-electron chi connectivity index (χ4n) is 1.80. The maximum Gasteiger partial charge on any atom is 0.320 e. The molecule has 9 heteroatoms. The van der Waals surface area contributed by atoms with Gasteiger partial charge in [-0.2, -0.15) is 4.98 Å². The van der Waals surface area contributed by atoms with Crippen LogP contribution < -0.4 is 15.4 Å². The molecule has 0 radical (unpaired) electrons. The molecule has 124 valence electrons. The number of hydrogen-bond donors (Lipinski definition) is 2. The third-order valence-corrected chi connectivity index (χ3v) is 2.93. The van der Waals surface area contributed by atoms with Crippen LogP contribution in [0.3, 0.4) is 0 Å². The van der Waals surface area contributed by atoms with Gasteiger partial charge in [-0.1, -0.05) is 11.2 Å². The SMILES string of the molecule is Cc1noc(C)c1CNC(=O)Nc1cccc(OCC(F)F)n1. The van der Waals surface area contributed by atoms with Crippen molar-refractivity contribution in [2.45, 2.75) is 26.8 Å². The smallest absolute Gasteiger partial charge is 0.320 e. The molecule has 0 bridgehead atoms. The van der Waals surface area contributed by atoms with Gasteiger partial charge in [-0.3, -0.25) is 5.32 Å². The number of carbonyl (C=O) groups excluding carboxylic acids is 1. The van der Waals surface area contributed by atoms with Crippen molar-refractivity contribution in [3.8, 4) is 5.88 Å². The van der Waals surface area contributed by atoms with Crippen molar-refractivity contribution in [1.82, 2.24) is 15.5 Å². The number of nitrogens with one attached hydrogen (secondary N) is 2. The predicted octanol–water partition coefficient (Wildman–Crippen LogP) is 2.65. The molecule has 0 atom stereocenters. The summed E-state index contributed by atoms with van der Waals surface area (Å²) in [5, 5.41) is 8.91. The quantitative estimate of drug-likeness (QED) is 0.852. The first kappa shape index (κ1) is 16.7. The van der Waals surface area contributed by atoms with Gasteiger partial charge in [0.1, 0.15) is 11.6 Å². The summed E-state index contributed by atoms with van der Waals surface area (Å²) in [4.78, 5) is 15.7. The number of aromatic nitrogens is 2. The van der Waals surface area contributed by atoms with Crippen molar-refractivity contribution >= 4 is 11.8 Å². The lowest BCUT2D eigenvalue weighted by atomic mass is 10.2. The van der Waals surface area contributed by atoms with Gasteiger partial charge in [0.25, 0.3) is 6.43 Å². The zero-order chi connectivity index (χ0) is 16.8. The summed E-state index contributed by atoms with van der Waals surface area (Å²) in [7, 11) is 0. The van der Waals surface area contributed by atoms with Gasteiger partial charge >= 0.3 is 6.03 Å². The third-order valence-electron chi connectivity index (χ3n) is 2.93. The molecule has 0 spiro atoms. The summed E-state index contributed by atoms with van der Waals surface area (Å²) in [6, 6.07) is 3.99. The van der Waals surface area contributed by atoms with E-state index in [1.165, 1.54) is 18.2 Å². The van der Waals surface area contributed by atoms with Gasteiger partial charge in [0.2, 0.25) is 5.88 Å². The van der Waals surface area contributed by atoms with E-state index >= 15 is 0 Å². The minimum atomic E-state index is -2.59. The van der Waals surface area contributed by atoms with E-state index in [9.17, 15) is 13.6 Å². The van der Waals surface area contributed by atoms with Crippen molar-refractivity contribution in [1.29, 1.82) is 0 Å². The number of halogens is 2. The van der Waals surface area contributed by atoms with E-state index in [0.29, 0.717) is 11.5 Å². The summed E-state index contributed by atoms with van der Waals surface area (Å²) >= 11 is 0. The molecule has 23 heavy (non-hydrogen) atoms. The molecule has 2 heterocycles. The van der Waals surface area contributed by atoms with Crippen molar-refractivity contribution < 1.29 is 22.8 Å². The van der Waals surface area contributed by atoms with Crippen LogP contribution in [0.5, 0.6) is 5.88 Å². The Hall–Kier alpha value is -2.71. The van der Waals surface area contributed by atoms with Crippen LogP contribution in [0, 0.1) is 13.8 Å². The number of hydrogen-bond acceptors (Lipinski definition) is 5. The van der Waals surface area contributed by atoms with Crippen molar-refractivity contribution in [3.63, 3.8) is 0 Å².